The van der Waals surface area contributed by atoms with E-state index in [0.29, 0.717) is 5.71 Å². The fourth-order valence-corrected chi connectivity index (χ4v) is 6.69. The molecule has 0 saturated heterocycles. The van der Waals surface area contributed by atoms with Gasteiger partial charge in [-0.25, -0.2) is 4.98 Å². The molecule has 0 unspecified atom stereocenters. The van der Waals surface area contributed by atoms with Crippen LogP contribution in [0.2, 0.25) is 0 Å². The molecule has 9 aromatic rings. The topological polar surface area (TPSA) is 26.0 Å². The molecule has 0 fully saturated rings. The molecule has 0 radical (unpaired) electrons. The van der Waals surface area contributed by atoms with Gasteiger partial charge >= 0.3 is 0 Å². The fraction of sp³-hybridized carbons (Fsp3) is 0. The van der Waals surface area contributed by atoms with E-state index in [9.17, 15) is 0 Å². The van der Waals surface area contributed by atoms with Crippen molar-refractivity contribution in [1.29, 1.82) is 0 Å². The molecule has 0 N–H and O–H groups in total. The standard InChI is InChI=1S/C43H27NO/c1-2-15-38-36(13-1)37-14-3-4-16-39(37)41-26-33(21-22-40(38)41)29-19-17-28(18-20-29)30-8-5-9-31(24-30)32-10-6-11-34(25-32)42-27-35-12-7-23-44-43(35)45-42/h1-27H. The van der Waals surface area contributed by atoms with E-state index in [1.165, 1.54) is 60.1 Å². The van der Waals surface area contributed by atoms with Crippen molar-refractivity contribution >= 4 is 43.4 Å². The molecule has 0 spiro atoms. The van der Waals surface area contributed by atoms with Crippen LogP contribution in [0.25, 0.3) is 88.1 Å². The molecule has 0 aliphatic heterocycles. The van der Waals surface area contributed by atoms with Crippen LogP contribution in [0.15, 0.2) is 168 Å². The van der Waals surface area contributed by atoms with E-state index in [4.69, 9.17) is 4.42 Å². The second kappa shape index (κ2) is 10.3. The Kier molecular flexibility index (Phi) is 5.85. The number of rotatable bonds is 4. The first-order chi connectivity index (χ1) is 22.3. The number of nitrogens with zero attached hydrogens (tertiary/aromatic N) is 1. The summed E-state index contributed by atoms with van der Waals surface area (Å²) in [6.07, 6.45) is 1.76. The molecule has 45 heavy (non-hydrogen) atoms. The molecule has 0 bridgehead atoms. The Morgan fingerprint density at radius 2 is 0.822 bits per heavy atom. The van der Waals surface area contributed by atoms with Crippen molar-refractivity contribution in [2.45, 2.75) is 0 Å². The summed E-state index contributed by atoms with van der Waals surface area (Å²) in [5.74, 6) is 0.826. The minimum absolute atomic E-state index is 0.661. The van der Waals surface area contributed by atoms with Crippen LogP contribution in [0.3, 0.4) is 0 Å². The lowest BCUT2D eigenvalue weighted by Crippen LogP contribution is -1.86. The highest BCUT2D eigenvalue weighted by atomic mass is 16.3. The summed E-state index contributed by atoms with van der Waals surface area (Å²) in [7, 11) is 0. The van der Waals surface area contributed by atoms with E-state index in [1.54, 1.807) is 6.20 Å². The molecule has 2 aromatic heterocycles. The minimum Gasteiger partial charge on any atom is -0.438 e. The predicted molar refractivity (Wildman–Crippen MR) is 188 cm³/mol. The van der Waals surface area contributed by atoms with Gasteiger partial charge in [-0.05, 0) is 102 Å². The first kappa shape index (κ1) is 25.5. The number of aromatic nitrogens is 1. The van der Waals surface area contributed by atoms with Crippen LogP contribution in [-0.2, 0) is 0 Å². The molecule has 0 amide bonds. The average Bonchev–Trinajstić information content (AvgIpc) is 3.57. The van der Waals surface area contributed by atoms with Gasteiger partial charge < -0.3 is 4.42 Å². The maximum absolute atomic E-state index is 6.04. The van der Waals surface area contributed by atoms with Crippen LogP contribution in [0.4, 0.5) is 0 Å². The zero-order valence-electron chi connectivity index (χ0n) is 24.4. The van der Waals surface area contributed by atoms with Crippen LogP contribution < -0.4 is 0 Å². The van der Waals surface area contributed by atoms with Crippen LogP contribution in [0, 0.1) is 0 Å². The second-order valence-corrected chi connectivity index (χ2v) is 11.6. The lowest BCUT2D eigenvalue weighted by Gasteiger charge is -2.12. The van der Waals surface area contributed by atoms with Gasteiger partial charge in [0.1, 0.15) is 5.76 Å². The third-order valence-corrected chi connectivity index (χ3v) is 8.93. The first-order valence-electron chi connectivity index (χ1n) is 15.3. The van der Waals surface area contributed by atoms with Crippen molar-refractivity contribution in [3.05, 3.63) is 164 Å². The van der Waals surface area contributed by atoms with Gasteiger partial charge in [-0.2, -0.15) is 0 Å². The lowest BCUT2D eigenvalue weighted by molar-refractivity contribution is 0.618. The van der Waals surface area contributed by atoms with Gasteiger partial charge in [-0.3, -0.25) is 0 Å². The number of pyridine rings is 1. The van der Waals surface area contributed by atoms with Gasteiger partial charge in [0.15, 0.2) is 0 Å². The maximum Gasteiger partial charge on any atom is 0.226 e. The van der Waals surface area contributed by atoms with E-state index in [2.05, 4.69) is 151 Å². The Labute approximate surface area is 260 Å². The van der Waals surface area contributed by atoms with Gasteiger partial charge in [-0.1, -0.05) is 121 Å². The number of benzene rings is 7. The molecule has 0 saturated carbocycles. The van der Waals surface area contributed by atoms with Crippen molar-refractivity contribution in [3.63, 3.8) is 0 Å². The van der Waals surface area contributed by atoms with E-state index in [1.807, 2.05) is 12.1 Å². The normalized spacial score (nSPS) is 11.6. The quantitative estimate of drug-likeness (QED) is 0.196. The fourth-order valence-electron chi connectivity index (χ4n) is 6.69. The molecule has 2 nitrogen and oxygen atoms in total. The Balaban J connectivity index is 1.06. The highest BCUT2D eigenvalue weighted by Crippen LogP contribution is 2.38. The van der Waals surface area contributed by atoms with Crippen LogP contribution in [0.1, 0.15) is 0 Å². The van der Waals surface area contributed by atoms with E-state index < -0.39 is 0 Å². The Hall–Kier alpha value is -5.99. The Bertz CT molecular complexity index is 2470. The average molecular weight is 574 g/mol. The van der Waals surface area contributed by atoms with Crippen LogP contribution >= 0.6 is 0 Å². The van der Waals surface area contributed by atoms with Gasteiger partial charge in [0.05, 0.1) is 0 Å². The van der Waals surface area contributed by atoms with E-state index in [-0.39, 0.29) is 0 Å². The number of hydrogen-bond acceptors (Lipinski definition) is 2. The summed E-state index contributed by atoms with van der Waals surface area (Å²) in [6, 6.07) is 56.6. The summed E-state index contributed by atoms with van der Waals surface area (Å²) in [6.45, 7) is 0. The zero-order chi connectivity index (χ0) is 29.7. The van der Waals surface area contributed by atoms with Gasteiger partial charge in [-0.15, -0.1) is 0 Å². The second-order valence-electron chi connectivity index (χ2n) is 11.6. The van der Waals surface area contributed by atoms with Crippen LogP contribution in [-0.4, -0.2) is 4.98 Å². The Morgan fingerprint density at radius 1 is 0.333 bits per heavy atom. The number of hydrogen-bond donors (Lipinski definition) is 0. The van der Waals surface area contributed by atoms with Crippen molar-refractivity contribution in [3.8, 4) is 44.7 Å². The van der Waals surface area contributed by atoms with Gasteiger partial charge in [0.25, 0.3) is 0 Å². The third kappa shape index (κ3) is 4.39. The summed E-state index contributed by atoms with van der Waals surface area (Å²) in [5, 5.41) is 8.79. The smallest absolute Gasteiger partial charge is 0.226 e. The molecule has 2 heterocycles. The zero-order valence-corrected chi connectivity index (χ0v) is 24.4. The molecular formula is C43H27NO. The van der Waals surface area contributed by atoms with Crippen molar-refractivity contribution in [2.24, 2.45) is 0 Å². The van der Waals surface area contributed by atoms with E-state index in [0.717, 1.165) is 22.3 Å². The summed E-state index contributed by atoms with van der Waals surface area (Å²) in [5.41, 5.74) is 8.83. The highest BCUT2D eigenvalue weighted by molar-refractivity contribution is 6.25. The Morgan fingerprint density at radius 3 is 1.44 bits per heavy atom. The lowest BCUT2D eigenvalue weighted by atomic mass is 9.91. The number of fused-ring (bicyclic) bond motifs is 7. The first-order valence-corrected chi connectivity index (χ1v) is 15.3. The molecule has 0 atom stereocenters. The van der Waals surface area contributed by atoms with Gasteiger partial charge in [0.2, 0.25) is 5.71 Å². The SMILES string of the molecule is c1cc(-c2ccc(-c3ccc4c5ccccc5c5ccccc5c4c3)cc2)cc(-c2cccc(-c3cc4cccnc4o3)c2)c1. The van der Waals surface area contributed by atoms with Crippen molar-refractivity contribution in [2.75, 3.05) is 0 Å². The van der Waals surface area contributed by atoms with Crippen molar-refractivity contribution in [1.82, 2.24) is 4.98 Å². The summed E-state index contributed by atoms with van der Waals surface area (Å²) < 4.78 is 6.04. The van der Waals surface area contributed by atoms with Crippen LogP contribution in [0.5, 0.6) is 0 Å². The van der Waals surface area contributed by atoms with Gasteiger partial charge in [0, 0.05) is 17.1 Å². The minimum atomic E-state index is 0.661. The molecule has 2 heteroatoms. The van der Waals surface area contributed by atoms with E-state index >= 15 is 0 Å². The highest BCUT2D eigenvalue weighted by Gasteiger charge is 2.11. The molecule has 210 valence electrons. The molecule has 0 aliphatic carbocycles. The third-order valence-electron chi connectivity index (χ3n) is 8.93. The predicted octanol–water partition coefficient (Wildman–Crippen LogP) is 12.0. The maximum atomic E-state index is 6.04. The molecule has 7 aromatic carbocycles. The summed E-state index contributed by atoms with van der Waals surface area (Å²) in [4.78, 5) is 4.35. The molecule has 0 aliphatic rings. The molecular weight excluding hydrogens is 546 g/mol. The monoisotopic (exact) mass is 573 g/mol. The largest absolute Gasteiger partial charge is 0.438 e. The summed E-state index contributed by atoms with van der Waals surface area (Å²) >= 11 is 0. The van der Waals surface area contributed by atoms with Crippen molar-refractivity contribution < 1.29 is 4.42 Å². The molecule has 9 rings (SSSR count). The number of furan rings is 1.